The molecule has 0 aliphatic rings. The van der Waals surface area contributed by atoms with E-state index < -0.39 is 17.6 Å². The van der Waals surface area contributed by atoms with Gasteiger partial charge in [-0.05, 0) is 35.7 Å². The minimum atomic E-state index is -0.785. The molecule has 3 aromatic rings. The number of aromatic hydroxyl groups is 1. The number of nitrogens with zero attached hydrogens (tertiary/aromatic N) is 3. The summed E-state index contributed by atoms with van der Waals surface area (Å²) in [6, 6.07) is 7.63. The van der Waals surface area contributed by atoms with Crippen molar-refractivity contribution in [2.45, 2.75) is 6.42 Å². The molecule has 0 spiro atoms. The summed E-state index contributed by atoms with van der Waals surface area (Å²) in [5, 5.41) is 12.3. The highest BCUT2D eigenvalue weighted by molar-refractivity contribution is 6.08. The van der Waals surface area contributed by atoms with Crippen LogP contribution in [0.2, 0.25) is 0 Å². The molecule has 2 N–H and O–H groups in total. The van der Waals surface area contributed by atoms with Gasteiger partial charge in [-0.25, -0.2) is 19.2 Å². The SMILES string of the molecule is COCCOC(=O)c1nc(C(=O)NN(C)C)c(O)c2ncc(Cc3ccc(F)cc3)cc12. The minimum absolute atomic E-state index is 0.0126. The molecule has 0 unspecified atom stereocenters. The van der Waals surface area contributed by atoms with Gasteiger partial charge in [0.2, 0.25) is 0 Å². The molecule has 1 amide bonds. The van der Waals surface area contributed by atoms with E-state index >= 15 is 0 Å². The molecule has 10 heteroatoms. The van der Waals surface area contributed by atoms with Gasteiger partial charge in [-0.15, -0.1) is 0 Å². The number of fused-ring (bicyclic) bond motifs is 1. The molecule has 2 heterocycles. The van der Waals surface area contributed by atoms with Gasteiger partial charge in [0.05, 0.1) is 6.61 Å². The smallest absolute Gasteiger partial charge is 0.357 e. The van der Waals surface area contributed by atoms with Crippen molar-refractivity contribution in [1.82, 2.24) is 20.4 Å². The lowest BCUT2D eigenvalue weighted by Crippen LogP contribution is -2.36. The van der Waals surface area contributed by atoms with E-state index in [4.69, 9.17) is 9.47 Å². The fourth-order valence-electron chi connectivity index (χ4n) is 3.01. The second-order valence-electron chi connectivity index (χ2n) is 7.16. The molecule has 0 fully saturated rings. The molecular formula is C22H23FN4O5. The van der Waals surface area contributed by atoms with Crippen molar-refractivity contribution in [3.63, 3.8) is 0 Å². The summed E-state index contributed by atoms with van der Waals surface area (Å²) >= 11 is 0. The van der Waals surface area contributed by atoms with Gasteiger partial charge in [0.1, 0.15) is 17.9 Å². The van der Waals surface area contributed by atoms with Gasteiger partial charge in [-0.3, -0.25) is 15.2 Å². The van der Waals surface area contributed by atoms with Crippen LogP contribution in [0, 0.1) is 5.82 Å². The van der Waals surface area contributed by atoms with E-state index in [0.717, 1.165) is 5.56 Å². The molecule has 32 heavy (non-hydrogen) atoms. The standard InChI is InChI=1S/C22H23FN4O5/c1-27(2)26-21(29)19-20(28)17-16(18(25-19)22(30)32-9-8-31-3)11-14(12-24-17)10-13-4-6-15(23)7-5-13/h4-7,11-12,28H,8-10H2,1-3H3,(H,26,29). The monoisotopic (exact) mass is 442 g/mol. The number of hydrazine groups is 1. The zero-order valence-electron chi connectivity index (χ0n) is 17.9. The zero-order valence-corrected chi connectivity index (χ0v) is 17.9. The van der Waals surface area contributed by atoms with Crippen molar-refractivity contribution in [3.8, 4) is 5.75 Å². The number of ether oxygens (including phenoxy) is 2. The van der Waals surface area contributed by atoms with Gasteiger partial charge in [-0.2, -0.15) is 0 Å². The first kappa shape index (κ1) is 23.0. The molecule has 168 valence electrons. The number of aromatic nitrogens is 2. The van der Waals surface area contributed by atoms with Gasteiger partial charge in [0, 0.05) is 32.8 Å². The van der Waals surface area contributed by atoms with Crippen molar-refractivity contribution in [1.29, 1.82) is 0 Å². The van der Waals surface area contributed by atoms with Gasteiger partial charge in [-0.1, -0.05) is 12.1 Å². The number of hydrogen-bond acceptors (Lipinski definition) is 8. The summed E-state index contributed by atoms with van der Waals surface area (Å²) in [6.45, 7) is 0.172. The predicted octanol–water partition coefficient (Wildman–Crippen LogP) is 2.07. The third-order valence-corrected chi connectivity index (χ3v) is 4.45. The van der Waals surface area contributed by atoms with Crippen molar-refractivity contribution in [3.05, 3.63) is 64.9 Å². The fraction of sp³-hybridized carbons (Fsp3) is 0.273. The number of methoxy groups -OCH3 is 1. The van der Waals surface area contributed by atoms with Crippen molar-refractivity contribution < 1.29 is 28.6 Å². The van der Waals surface area contributed by atoms with E-state index in [1.165, 1.54) is 30.4 Å². The maximum Gasteiger partial charge on any atom is 0.357 e. The number of nitrogens with one attached hydrogen (secondary N) is 1. The van der Waals surface area contributed by atoms with Crippen molar-refractivity contribution in [2.24, 2.45) is 0 Å². The number of rotatable bonds is 8. The topological polar surface area (TPSA) is 114 Å². The Hall–Kier alpha value is -3.63. The Morgan fingerprint density at radius 1 is 1.12 bits per heavy atom. The zero-order chi connectivity index (χ0) is 23.3. The van der Waals surface area contributed by atoms with Gasteiger partial charge in [0.25, 0.3) is 5.91 Å². The van der Waals surface area contributed by atoms with Crippen molar-refractivity contribution in [2.75, 3.05) is 34.4 Å². The molecule has 0 saturated heterocycles. The highest BCUT2D eigenvalue weighted by atomic mass is 19.1. The number of amides is 1. The van der Waals surface area contributed by atoms with E-state index in [2.05, 4.69) is 15.4 Å². The number of esters is 1. The molecule has 0 aliphatic carbocycles. The van der Waals surface area contributed by atoms with Crippen LogP contribution < -0.4 is 5.43 Å². The highest BCUT2D eigenvalue weighted by Gasteiger charge is 2.25. The highest BCUT2D eigenvalue weighted by Crippen LogP contribution is 2.29. The van der Waals surface area contributed by atoms with Crippen LogP contribution in [-0.4, -0.2) is 66.4 Å². The Bertz CT molecular complexity index is 1140. The van der Waals surface area contributed by atoms with Crippen LogP contribution in [0.15, 0.2) is 36.5 Å². The van der Waals surface area contributed by atoms with Gasteiger partial charge >= 0.3 is 5.97 Å². The maximum atomic E-state index is 13.2. The first-order valence-electron chi connectivity index (χ1n) is 9.70. The van der Waals surface area contributed by atoms with Crippen LogP contribution in [-0.2, 0) is 15.9 Å². The minimum Gasteiger partial charge on any atom is -0.504 e. The van der Waals surface area contributed by atoms with Crippen molar-refractivity contribution >= 4 is 22.8 Å². The fourth-order valence-corrected chi connectivity index (χ4v) is 3.01. The Labute approximate surface area is 183 Å². The summed E-state index contributed by atoms with van der Waals surface area (Å²) < 4.78 is 23.3. The summed E-state index contributed by atoms with van der Waals surface area (Å²) in [5.41, 5.74) is 3.51. The molecule has 0 saturated carbocycles. The Balaban J connectivity index is 2.07. The molecule has 2 aromatic heterocycles. The van der Waals surface area contributed by atoms with Crippen LogP contribution in [0.4, 0.5) is 4.39 Å². The van der Waals surface area contributed by atoms with Gasteiger partial charge < -0.3 is 14.6 Å². The average Bonchev–Trinajstić information content (AvgIpc) is 2.75. The molecular weight excluding hydrogens is 419 g/mol. The summed E-state index contributed by atoms with van der Waals surface area (Å²) in [5.74, 6) is -2.30. The predicted molar refractivity (Wildman–Crippen MR) is 114 cm³/mol. The summed E-state index contributed by atoms with van der Waals surface area (Å²) in [6.07, 6.45) is 1.92. The van der Waals surface area contributed by atoms with E-state index in [1.54, 1.807) is 32.3 Å². The second-order valence-corrected chi connectivity index (χ2v) is 7.16. The average molecular weight is 442 g/mol. The Morgan fingerprint density at radius 2 is 1.84 bits per heavy atom. The Kier molecular flexibility index (Phi) is 7.29. The number of carbonyl (C=O) groups is 2. The van der Waals surface area contributed by atoms with Crippen LogP contribution in [0.1, 0.15) is 32.1 Å². The molecule has 0 bridgehead atoms. The number of hydrogen-bond donors (Lipinski definition) is 2. The van der Waals surface area contributed by atoms with Crippen LogP contribution in [0.5, 0.6) is 5.75 Å². The van der Waals surface area contributed by atoms with Crippen LogP contribution in [0.3, 0.4) is 0 Å². The summed E-state index contributed by atoms with van der Waals surface area (Å²) in [4.78, 5) is 33.6. The molecule has 3 rings (SSSR count). The second kappa shape index (κ2) is 10.1. The number of pyridine rings is 2. The maximum absolute atomic E-state index is 13.2. The van der Waals surface area contributed by atoms with E-state index in [-0.39, 0.29) is 41.3 Å². The Morgan fingerprint density at radius 3 is 2.50 bits per heavy atom. The lowest BCUT2D eigenvalue weighted by Gasteiger charge is -2.15. The van der Waals surface area contributed by atoms with E-state index in [9.17, 15) is 19.1 Å². The normalized spacial score (nSPS) is 11.0. The lowest BCUT2D eigenvalue weighted by molar-refractivity contribution is 0.0384. The third-order valence-electron chi connectivity index (χ3n) is 4.45. The first-order valence-corrected chi connectivity index (χ1v) is 9.70. The lowest BCUT2D eigenvalue weighted by atomic mass is 10.0. The summed E-state index contributed by atoms with van der Waals surface area (Å²) in [7, 11) is 4.66. The molecule has 0 aliphatic heterocycles. The largest absolute Gasteiger partial charge is 0.504 e. The van der Waals surface area contributed by atoms with E-state index in [0.29, 0.717) is 12.0 Å². The molecule has 0 radical (unpaired) electrons. The number of carbonyl (C=O) groups excluding carboxylic acids is 2. The third kappa shape index (κ3) is 5.34. The quantitative estimate of drug-likeness (QED) is 0.310. The van der Waals surface area contributed by atoms with Crippen LogP contribution >= 0.6 is 0 Å². The number of benzene rings is 1. The number of halogens is 1. The van der Waals surface area contributed by atoms with Crippen LogP contribution in [0.25, 0.3) is 10.9 Å². The molecule has 1 aromatic carbocycles. The molecule has 0 atom stereocenters. The first-order chi connectivity index (χ1) is 15.3. The molecule has 9 nitrogen and oxygen atoms in total. The van der Waals surface area contributed by atoms with Gasteiger partial charge in [0.15, 0.2) is 17.1 Å². The van der Waals surface area contributed by atoms with E-state index in [1.807, 2.05) is 0 Å².